The predicted octanol–water partition coefficient (Wildman–Crippen LogP) is 1.79. The number of nitrogens with zero attached hydrogens (tertiary/aromatic N) is 1. The Morgan fingerprint density at radius 2 is 1.73 bits per heavy atom. The fraction of sp³-hybridized carbons (Fsp3) is 0.250. The maximum atomic E-state index is 9.29. The molecule has 0 spiro atoms. The van der Waals surface area contributed by atoms with E-state index in [4.69, 9.17) is 0 Å². The van der Waals surface area contributed by atoms with Gasteiger partial charge in [-0.15, -0.1) is 0 Å². The summed E-state index contributed by atoms with van der Waals surface area (Å²) in [4.78, 5) is -1.04. The van der Waals surface area contributed by atoms with E-state index in [2.05, 4.69) is 0 Å². The summed E-state index contributed by atoms with van der Waals surface area (Å²) in [5, 5.41) is 18.6. The van der Waals surface area contributed by atoms with Gasteiger partial charge in [-0.2, -0.15) is 10.4 Å². The van der Waals surface area contributed by atoms with E-state index in [-0.39, 0.29) is 6.54 Å². The SMILES string of the molecule is CC[N+](O)(O)c1ccccc1. The Bertz CT molecular complexity index is 221. The second-order valence-electron chi connectivity index (χ2n) is 2.38. The molecule has 1 aromatic rings. The summed E-state index contributed by atoms with van der Waals surface area (Å²) in [6, 6.07) is 8.71. The monoisotopic (exact) mass is 154 g/mol. The quantitative estimate of drug-likeness (QED) is 0.503. The molecule has 0 aliphatic heterocycles. The van der Waals surface area contributed by atoms with E-state index >= 15 is 0 Å². The van der Waals surface area contributed by atoms with Crippen LogP contribution in [-0.4, -0.2) is 17.0 Å². The molecule has 0 bridgehead atoms. The average molecular weight is 154 g/mol. The van der Waals surface area contributed by atoms with Gasteiger partial charge < -0.3 is 0 Å². The molecule has 0 aliphatic rings. The molecule has 1 rings (SSSR count). The molecular formula is C8H12NO2+. The molecule has 11 heavy (non-hydrogen) atoms. The Kier molecular flexibility index (Phi) is 2.24. The Balaban J connectivity index is 2.93. The Morgan fingerprint density at radius 1 is 1.18 bits per heavy atom. The van der Waals surface area contributed by atoms with Gasteiger partial charge in [0, 0.05) is 12.1 Å². The largest absolute Gasteiger partial charge is 0.199 e. The summed E-state index contributed by atoms with van der Waals surface area (Å²) < 4.78 is 0. The Hall–Kier alpha value is -0.900. The zero-order chi connectivity index (χ0) is 8.32. The van der Waals surface area contributed by atoms with Gasteiger partial charge in [0.1, 0.15) is 6.54 Å². The minimum Gasteiger partial charge on any atom is -0.176 e. The van der Waals surface area contributed by atoms with Crippen LogP contribution in [0.2, 0.25) is 0 Å². The first-order valence-corrected chi connectivity index (χ1v) is 3.56. The highest BCUT2D eigenvalue weighted by Crippen LogP contribution is 2.15. The number of para-hydroxylation sites is 1. The summed E-state index contributed by atoms with van der Waals surface area (Å²) in [5.74, 6) is 0. The summed E-state index contributed by atoms with van der Waals surface area (Å²) in [5.41, 5.74) is 0.481. The summed E-state index contributed by atoms with van der Waals surface area (Å²) >= 11 is 0. The van der Waals surface area contributed by atoms with Crippen LogP contribution in [0.4, 0.5) is 5.69 Å². The molecule has 3 heteroatoms. The fourth-order valence-electron chi connectivity index (χ4n) is 0.849. The number of hydroxylamine groups is 2. The lowest BCUT2D eigenvalue weighted by Crippen LogP contribution is -2.41. The van der Waals surface area contributed by atoms with Crippen molar-refractivity contribution in [3.05, 3.63) is 30.3 Å². The van der Waals surface area contributed by atoms with Crippen LogP contribution in [0.25, 0.3) is 0 Å². The van der Waals surface area contributed by atoms with Crippen molar-refractivity contribution in [2.75, 3.05) is 6.54 Å². The predicted molar refractivity (Wildman–Crippen MR) is 42.4 cm³/mol. The normalized spacial score (nSPS) is 11.5. The lowest BCUT2D eigenvalue weighted by molar-refractivity contribution is -0.287. The van der Waals surface area contributed by atoms with Crippen LogP contribution in [0.5, 0.6) is 0 Å². The minimum absolute atomic E-state index is 0.240. The van der Waals surface area contributed by atoms with E-state index in [1.54, 1.807) is 31.2 Å². The molecule has 0 saturated carbocycles. The molecular weight excluding hydrogens is 142 g/mol. The van der Waals surface area contributed by atoms with Crippen molar-refractivity contribution in [3.63, 3.8) is 0 Å². The van der Waals surface area contributed by atoms with Crippen molar-refractivity contribution in [1.29, 1.82) is 0 Å². The van der Waals surface area contributed by atoms with Gasteiger partial charge in [-0.25, -0.2) is 0 Å². The molecule has 0 atom stereocenters. The zero-order valence-electron chi connectivity index (χ0n) is 6.44. The first-order chi connectivity index (χ1) is 5.17. The van der Waals surface area contributed by atoms with Gasteiger partial charge in [-0.05, 0) is 11.7 Å². The maximum Gasteiger partial charge on any atom is 0.199 e. The molecule has 0 amide bonds. The highest BCUT2D eigenvalue weighted by molar-refractivity contribution is 5.37. The summed E-state index contributed by atoms with van der Waals surface area (Å²) in [6.07, 6.45) is 0. The molecule has 1 aromatic carbocycles. The molecule has 0 heterocycles. The molecule has 2 N–H and O–H groups in total. The van der Waals surface area contributed by atoms with Gasteiger partial charge >= 0.3 is 0 Å². The van der Waals surface area contributed by atoms with Crippen LogP contribution in [0, 0.1) is 0 Å². The second-order valence-corrected chi connectivity index (χ2v) is 2.38. The van der Waals surface area contributed by atoms with Gasteiger partial charge in [0.2, 0.25) is 0 Å². The van der Waals surface area contributed by atoms with Crippen molar-refractivity contribution >= 4 is 5.69 Å². The van der Waals surface area contributed by atoms with Gasteiger partial charge in [0.15, 0.2) is 5.69 Å². The third-order valence-electron chi connectivity index (χ3n) is 1.61. The van der Waals surface area contributed by atoms with E-state index in [1.807, 2.05) is 6.07 Å². The standard InChI is InChI=1S/C8H12NO2/c1-2-9(10,11)8-6-4-3-5-7-8/h3-7,10-11H,2H2,1H3/q+1. The smallest absolute Gasteiger partial charge is 0.176 e. The average Bonchev–Trinajstić information content (AvgIpc) is 2.06. The van der Waals surface area contributed by atoms with Crippen LogP contribution in [0.3, 0.4) is 0 Å². The van der Waals surface area contributed by atoms with Crippen molar-refractivity contribution in [2.45, 2.75) is 6.92 Å². The fourth-order valence-corrected chi connectivity index (χ4v) is 0.849. The molecule has 0 aromatic heterocycles. The highest BCUT2D eigenvalue weighted by atomic mass is 16.8. The van der Waals surface area contributed by atoms with Gasteiger partial charge in [0.05, 0.1) is 0 Å². The van der Waals surface area contributed by atoms with Crippen LogP contribution in [-0.2, 0) is 0 Å². The number of rotatable bonds is 2. The van der Waals surface area contributed by atoms with Crippen LogP contribution in [0.15, 0.2) is 30.3 Å². The van der Waals surface area contributed by atoms with Crippen molar-refractivity contribution in [2.24, 2.45) is 0 Å². The molecule has 0 saturated heterocycles. The van der Waals surface area contributed by atoms with Crippen LogP contribution < -0.4 is 4.81 Å². The maximum absolute atomic E-state index is 9.29. The van der Waals surface area contributed by atoms with Crippen molar-refractivity contribution < 1.29 is 10.4 Å². The van der Waals surface area contributed by atoms with Gasteiger partial charge in [-0.1, -0.05) is 18.2 Å². The Morgan fingerprint density at radius 3 is 2.18 bits per heavy atom. The van der Waals surface area contributed by atoms with Gasteiger partial charge in [0.25, 0.3) is 0 Å². The third-order valence-corrected chi connectivity index (χ3v) is 1.61. The van der Waals surface area contributed by atoms with E-state index in [0.29, 0.717) is 5.69 Å². The topological polar surface area (TPSA) is 40.5 Å². The zero-order valence-corrected chi connectivity index (χ0v) is 6.44. The van der Waals surface area contributed by atoms with E-state index in [1.165, 1.54) is 0 Å². The highest BCUT2D eigenvalue weighted by Gasteiger charge is 2.22. The van der Waals surface area contributed by atoms with Gasteiger partial charge in [-0.3, -0.25) is 0 Å². The molecule has 0 radical (unpaired) electrons. The van der Waals surface area contributed by atoms with Crippen LogP contribution >= 0.6 is 0 Å². The van der Waals surface area contributed by atoms with E-state index < -0.39 is 4.81 Å². The summed E-state index contributed by atoms with van der Waals surface area (Å²) in [6.45, 7) is 1.94. The van der Waals surface area contributed by atoms with Crippen LogP contribution in [0.1, 0.15) is 6.92 Å². The minimum atomic E-state index is -1.04. The molecule has 60 valence electrons. The van der Waals surface area contributed by atoms with Crippen molar-refractivity contribution in [1.82, 2.24) is 4.81 Å². The van der Waals surface area contributed by atoms with E-state index in [0.717, 1.165) is 0 Å². The molecule has 3 nitrogen and oxygen atoms in total. The molecule has 0 unspecified atom stereocenters. The number of hydrogen-bond acceptors (Lipinski definition) is 2. The number of hydrogen-bond donors (Lipinski definition) is 2. The summed E-state index contributed by atoms with van der Waals surface area (Å²) in [7, 11) is 0. The molecule has 0 fully saturated rings. The first-order valence-electron chi connectivity index (χ1n) is 3.56. The van der Waals surface area contributed by atoms with Crippen molar-refractivity contribution in [3.8, 4) is 0 Å². The third kappa shape index (κ3) is 1.77. The number of benzene rings is 1. The lowest BCUT2D eigenvalue weighted by Gasteiger charge is -2.17. The van der Waals surface area contributed by atoms with E-state index in [9.17, 15) is 10.4 Å². The molecule has 0 aliphatic carbocycles. The Labute approximate surface area is 65.6 Å². The lowest BCUT2D eigenvalue weighted by atomic mass is 10.3. The second kappa shape index (κ2) is 3.00. The number of quaternary nitrogens is 1. The first kappa shape index (κ1) is 8.20.